The van der Waals surface area contributed by atoms with Crippen molar-refractivity contribution in [2.45, 2.75) is 13.5 Å². The Morgan fingerprint density at radius 3 is 2.71 bits per heavy atom. The molecule has 0 atom stereocenters. The van der Waals surface area contributed by atoms with Gasteiger partial charge in [-0.2, -0.15) is 0 Å². The number of carbonyl (C=O) groups excluding carboxylic acids is 1. The standard InChI is InChI=1S/C20H17Cl2N3O2S/c1-12-24-15(11-28-12)10-27-16-4-2-3-13(7-16)5-6-19(26)25-14-8-17(21)20(23)18(22)9-14/h2-9,11H,10,23H2,1H3,(H,25,26)/b6-5+. The van der Waals surface area contributed by atoms with Gasteiger partial charge in [0.15, 0.2) is 0 Å². The first-order valence-corrected chi connectivity index (χ1v) is 9.92. The molecule has 1 aromatic heterocycles. The van der Waals surface area contributed by atoms with Crippen molar-refractivity contribution in [1.82, 2.24) is 4.98 Å². The molecule has 3 rings (SSSR count). The number of aryl methyl sites for hydroxylation is 1. The number of nitrogens with zero attached hydrogens (tertiary/aromatic N) is 1. The van der Waals surface area contributed by atoms with E-state index in [1.165, 1.54) is 6.08 Å². The monoisotopic (exact) mass is 433 g/mol. The van der Waals surface area contributed by atoms with E-state index >= 15 is 0 Å². The number of halogens is 2. The van der Waals surface area contributed by atoms with Crippen molar-refractivity contribution in [2.24, 2.45) is 0 Å². The summed E-state index contributed by atoms with van der Waals surface area (Å²) in [6.07, 6.45) is 3.11. The summed E-state index contributed by atoms with van der Waals surface area (Å²) in [5, 5.41) is 6.24. The van der Waals surface area contributed by atoms with E-state index in [0.717, 1.165) is 16.3 Å². The minimum absolute atomic E-state index is 0.279. The summed E-state index contributed by atoms with van der Waals surface area (Å²) in [6.45, 7) is 2.35. The van der Waals surface area contributed by atoms with Gasteiger partial charge in [-0.3, -0.25) is 4.79 Å². The Morgan fingerprint density at radius 2 is 2.04 bits per heavy atom. The van der Waals surface area contributed by atoms with Gasteiger partial charge < -0.3 is 15.8 Å². The first kappa shape index (κ1) is 20.2. The third kappa shape index (κ3) is 5.48. The molecule has 0 saturated heterocycles. The summed E-state index contributed by atoms with van der Waals surface area (Å²) in [6, 6.07) is 10.5. The lowest BCUT2D eigenvalue weighted by molar-refractivity contribution is -0.111. The second-order valence-electron chi connectivity index (χ2n) is 5.90. The first-order valence-electron chi connectivity index (χ1n) is 8.28. The van der Waals surface area contributed by atoms with E-state index in [4.69, 9.17) is 33.7 Å². The van der Waals surface area contributed by atoms with Crippen LogP contribution in [0.25, 0.3) is 6.08 Å². The molecular weight excluding hydrogens is 417 g/mol. The van der Waals surface area contributed by atoms with Crippen LogP contribution < -0.4 is 15.8 Å². The van der Waals surface area contributed by atoms with Gasteiger partial charge in [0.25, 0.3) is 0 Å². The quantitative estimate of drug-likeness (QED) is 0.393. The summed E-state index contributed by atoms with van der Waals surface area (Å²) >= 11 is 13.5. The van der Waals surface area contributed by atoms with Crippen molar-refractivity contribution >= 4 is 57.9 Å². The number of amides is 1. The highest BCUT2D eigenvalue weighted by atomic mass is 35.5. The Bertz CT molecular complexity index is 1010. The zero-order chi connectivity index (χ0) is 20.1. The van der Waals surface area contributed by atoms with Gasteiger partial charge in [-0.05, 0) is 42.8 Å². The van der Waals surface area contributed by atoms with Crippen molar-refractivity contribution in [3.8, 4) is 5.75 Å². The number of nitrogens with one attached hydrogen (secondary N) is 1. The Labute approximate surface area is 176 Å². The summed E-state index contributed by atoms with van der Waals surface area (Å²) < 4.78 is 5.75. The second-order valence-corrected chi connectivity index (χ2v) is 7.77. The highest BCUT2D eigenvalue weighted by Crippen LogP contribution is 2.31. The summed E-state index contributed by atoms with van der Waals surface area (Å²) in [5.41, 5.74) is 8.16. The average molecular weight is 434 g/mol. The maximum absolute atomic E-state index is 12.1. The molecule has 8 heteroatoms. The molecule has 144 valence electrons. The highest BCUT2D eigenvalue weighted by Gasteiger charge is 2.06. The second kappa shape index (κ2) is 9.10. The third-order valence-corrected chi connectivity index (χ3v) is 5.13. The first-order chi connectivity index (χ1) is 13.4. The normalized spacial score (nSPS) is 11.0. The smallest absolute Gasteiger partial charge is 0.248 e. The number of rotatable bonds is 6. The summed E-state index contributed by atoms with van der Waals surface area (Å²) in [7, 11) is 0. The molecule has 0 radical (unpaired) electrons. The summed E-state index contributed by atoms with van der Waals surface area (Å²) in [5.74, 6) is 0.381. The van der Waals surface area contributed by atoms with Gasteiger partial charge in [0.05, 0.1) is 26.4 Å². The van der Waals surface area contributed by atoms with Crippen molar-refractivity contribution < 1.29 is 9.53 Å². The van der Waals surface area contributed by atoms with Crippen LogP contribution in [0.2, 0.25) is 10.0 Å². The minimum Gasteiger partial charge on any atom is -0.487 e. The molecule has 0 saturated carbocycles. The maximum Gasteiger partial charge on any atom is 0.248 e. The number of nitrogen functional groups attached to an aromatic ring is 1. The fourth-order valence-electron chi connectivity index (χ4n) is 2.35. The van der Waals surface area contributed by atoms with Crippen LogP contribution in [0.15, 0.2) is 47.9 Å². The number of thiazole rings is 1. The van der Waals surface area contributed by atoms with Crippen LogP contribution in [0.5, 0.6) is 5.75 Å². The van der Waals surface area contributed by atoms with E-state index in [1.807, 2.05) is 36.6 Å². The van der Waals surface area contributed by atoms with Crippen LogP contribution in [0.1, 0.15) is 16.3 Å². The number of hydrogen-bond donors (Lipinski definition) is 2. The Morgan fingerprint density at radius 1 is 1.29 bits per heavy atom. The van der Waals surface area contributed by atoms with Crippen molar-refractivity contribution in [3.05, 3.63) is 74.2 Å². The number of nitrogens with two attached hydrogens (primary N) is 1. The SMILES string of the molecule is Cc1nc(COc2cccc(/C=C/C(=O)Nc3cc(Cl)c(N)c(Cl)c3)c2)cs1. The molecule has 5 nitrogen and oxygen atoms in total. The van der Waals surface area contributed by atoms with Crippen LogP contribution >= 0.6 is 34.5 Å². The number of ether oxygens (including phenoxy) is 1. The predicted octanol–water partition coefficient (Wildman–Crippen LogP) is 5.57. The van der Waals surface area contributed by atoms with E-state index in [0.29, 0.717) is 18.0 Å². The molecule has 0 aliphatic heterocycles. The fraction of sp³-hybridized carbons (Fsp3) is 0.100. The Hall–Kier alpha value is -2.54. The zero-order valence-electron chi connectivity index (χ0n) is 14.9. The molecule has 28 heavy (non-hydrogen) atoms. The van der Waals surface area contributed by atoms with E-state index in [1.54, 1.807) is 29.5 Å². The number of benzene rings is 2. The van der Waals surface area contributed by atoms with Crippen LogP contribution in [0, 0.1) is 6.92 Å². The van der Waals surface area contributed by atoms with Gasteiger partial charge in [0.1, 0.15) is 12.4 Å². The van der Waals surface area contributed by atoms with Gasteiger partial charge in [0.2, 0.25) is 5.91 Å². The molecule has 0 fully saturated rings. The molecule has 2 aromatic carbocycles. The molecule has 1 heterocycles. The Kier molecular flexibility index (Phi) is 6.57. The van der Waals surface area contributed by atoms with E-state index < -0.39 is 0 Å². The molecule has 0 unspecified atom stereocenters. The largest absolute Gasteiger partial charge is 0.487 e. The molecule has 3 N–H and O–H groups in total. The van der Waals surface area contributed by atoms with Crippen LogP contribution in [-0.4, -0.2) is 10.9 Å². The lowest BCUT2D eigenvalue weighted by atomic mass is 10.2. The van der Waals surface area contributed by atoms with E-state index in [9.17, 15) is 4.79 Å². The topological polar surface area (TPSA) is 77.2 Å². The fourth-order valence-corrected chi connectivity index (χ4v) is 3.44. The molecule has 1 amide bonds. The lowest BCUT2D eigenvalue weighted by Gasteiger charge is -2.07. The van der Waals surface area contributed by atoms with Gasteiger partial charge in [0, 0.05) is 17.1 Å². The number of anilines is 2. The number of aromatic nitrogens is 1. The third-order valence-electron chi connectivity index (χ3n) is 3.69. The molecule has 0 spiro atoms. The predicted molar refractivity (Wildman–Crippen MR) is 116 cm³/mol. The van der Waals surface area contributed by atoms with Crippen molar-refractivity contribution in [1.29, 1.82) is 0 Å². The van der Waals surface area contributed by atoms with Crippen molar-refractivity contribution in [2.75, 3.05) is 11.1 Å². The van der Waals surface area contributed by atoms with Crippen molar-refractivity contribution in [3.63, 3.8) is 0 Å². The molecule has 0 aliphatic carbocycles. The van der Waals surface area contributed by atoms with Gasteiger partial charge in [-0.1, -0.05) is 35.3 Å². The molecular formula is C20H17Cl2N3O2S. The molecule has 3 aromatic rings. The Balaban J connectivity index is 1.61. The summed E-state index contributed by atoms with van der Waals surface area (Å²) in [4.78, 5) is 16.5. The lowest BCUT2D eigenvalue weighted by Crippen LogP contribution is -2.08. The highest BCUT2D eigenvalue weighted by molar-refractivity contribution is 7.09. The number of hydrogen-bond acceptors (Lipinski definition) is 5. The minimum atomic E-state index is -0.318. The van der Waals surface area contributed by atoms with Gasteiger partial charge >= 0.3 is 0 Å². The average Bonchev–Trinajstić information content (AvgIpc) is 3.08. The van der Waals surface area contributed by atoms with Crippen LogP contribution in [-0.2, 0) is 11.4 Å². The van der Waals surface area contributed by atoms with Crippen LogP contribution in [0.4, 0.5) is 11.4 Å². The molecule has 0 bridgehead atoms. The van der Waals surface area contributed by atoms with E-state index in [-0.39, 0.29) is 21.6 Å². The van der Waals surface area contributed by atoms with Crippen LogP contribution in [0.3, 0.4) is 0 Å². The van der Waals surface area contributed by atoms with Gasteiger partial charge in [-0.15, -0.1) is 11.3 Å². The maximum atomic E-state index is 12.1. The molecule has 0 aliphatic rings. The number of carbonyl (C=O) groups is 1. The van der Waals surface area contributed by atoms with E-state index in [2.05, 4.69) is 10.3 Å². The zero-order valence-corrected chi connectivity index (χ0v) is 17.2. The van der Waals surface area contributed by atoms with Gasteiger partial charge in [-0.25, -0.2) is 4.98 Å².